The van der Waals surface area contributed by atoms with Gasteiger partial charge < -0.3 is 0 Å². The average molecular weight is 248 g/mol. The summed E-state index contributed by atoms with van der Waals surface area (Å²) >= 11 is 9.87. The third kappa shape index (κ3) is 2.46. The Balaban J connectivity index is 2.42. The van der Waals surface area contributed by atoms with Crippen LogP contribution in [0.2, 0.25) is 5.02 Å². The predicted molar refractivity (Wildman–Crippen MR) is 72.5 cm³/mol. The van der Waals surface area contributed by atoms with Gasteiger partial charge in [0.2, 0.25) is 0 Å². The van der Waals surface area contributed by atoms with Gasteiger partial charge in [0, 0.05) is 16.1 Å². The van der Waals surface area contributed by atoms with Gasteiger partial charge in [-0.1, -0.05) is 54.1 Å². The average Bonchev–Trinajstić information content (AvgIpc) is 2.34. The Morgan fingerprint density at radius 3 is 2.00 bits per heavy atom. The highest BCUT2D eigenvalue weighted by atomic mass is 35.5. The van der Waals surface area contributed by atoms with E-state index in [-0.39, 0.29) is 0 Å². The molecule has 16 heavy (non-hydrogen) atoms. The molecule has 0 aliphatic heterocycles. The Labute approximate surface area is 105 Å². The number of benzene rings is 2. The van der Waals surface area contributed by atoms with Crippen molar-refractivity contribution in [1.82, 2.24) is 0 Å². The van der Waals surface area contributed by atoms with E-state index in [0.29, 0.717) is 0 Å². The maximum Gasteiger partial charge on any atom is 0.0854 e. The lowest BCUT2D eigenvalue weighted by molar-refractivity contribution is 1.58. The summed E-state index contributed by atoms with van der Waals surface area (Å²) in [6.45, 7) is 0. The van der Waals surface area contributed by atoms with Crippen LogP contribution in [-0.2, 0) is 0 Å². The van der Waals surface area contributed by atoms with Crippen LogP contribution in [0.15, 0.2) is 59.0 Å². The van der Waals surface area contributed by atoms with Gasteiger partial charge in [-0.25, -0.2) is 4.40 Å². The number of hydrogen-bond acceptors (Lipinski definition) is 2. The molecule has 0 spiro atoms. The zero-order valence-corrected chi connectivity index (χ0v) is 10.1. The van der Waals surface area contributed by atoms with E-state index in [0.717, 1.165) is 21.9 Å². The minimum absolute atomic E-state index is 0.718. The van der Waals surface area contributed by atoms with E-state index in [9.17, 15) is 0 Å². The maximum absolute atomic E-state index is 5.85. The lowest BCUT2D eigenvalue weighted by Crippen LogP contribution is -2.01. The third-order valence-electron chi connectivity index (χ3n) is 2.26. The fourth-order valence-electron chi connectivity index (χ4n) is 1.49. The Morgan fingerprint density at radius 2 is 1.44 bits per heavy atom. The zero-order chi connectivity index (χ0) is 11.4. The highest BCUT2D eigenvalue weighted by molar-refractivity contribution is 7.79. The van der Waals surface area contributed by atoms with Crippen molar-refractivity contribution in [3.05, 3.63) is 70.7 Å². The van der Waals surface area contributed by atoms with Gasteiger partial charge in [0.1, 0.15) is 0 Å². The first-order valence-corrected chi connectivity index (χ1v) is 5.62. The summed E-state index contributed by atoms with van der Waals surface area (Å²) in [6.07, 6.45) is 0. The van der Waals surface area contributed by atoms with Gasteiger partial charge in [-0.05, 0) is 24.9 Å². The van der Waals surface area contributed by atoms with Crippen molar-refractivity contribution in [2.24, 2.45) is 4.40 Å². The smallest absolute Gasteiger partial charge is 0.0854 e. The van der Waals surface area contributed by atoms with Crippen molar-refractivity contribution in [3.63, 3.8) is 0 Å². The largest absolute Gasteiger partial charge is 0.219 e. The van der Waals surface area contributed by atoms with Gasteiger partial charge in [0.25, 0.3) is 0 Å². The lowest BCUT2D eigenvalue weighted by atomic mass is 10.0. The molecule has 1 nitrogen and oxygen atoms in total. The molecule has 0 saturated carbocycles. The number of rotatable bonds is 2. The van der Waals surface area contributed by atoms with Gasteiger partial charge in [-0.2, -0.15) is 0 Å². The van der Waals surface area contributed by atoms with Crippen molar-refractivity contribution >= 4 is 30.1 Å². The Morgan fingerprint density at radius 1 is 0.875 bits per heavy atom. The SMILES string of the molecule is SN=C(c1ccccc1)c1ccc(Cl)cc1. The summed E-state index contributed by atoms with van der Waals surface area (Å²) in [4.78, 5) is 0. The van der Waals surface area contributed by atoms with E-state index in [1.807, 2.05) is 54.6 Å². The molecule has 0 aliphatic carbocycles. The zero-order valence-electron chi connectivity index (χ0n) is 8.47. The second kappa shape index (κ2) is 5.19. The summed E-state index contributed by atoms with van der Waals surface area (Å²) in [5.41, 5.74) is 2.89. The molecule has 0 fully saturated rings. The summed E-state index contributed by atoms with van der Waals surface area (Å²) in [5, 5.41) is 0.718. The predicted octanol–water partition coefficient (Wildman–Crippen LogP) is 4.02. The van der Waals surface area contributed by atoms with Crippen LogP contribution < -0.4 is 0 Å². The van der Waals surface area contributed by atoms with E-state index in [1.54, 1.807) is 0 Å². The molecule has 0 heterocycles. The van der Waals surface area contributed by atoms with Crippen LogP contribution in [-0.4, -0.2) is 5.71 Å². The number of nitrogens with zero attached hydrogens (tertiary/aromatic N) is 1. The molecule has 3 heteroatoms. The van der Waals surface area contributed by atoms with Crippen LogP contribution in [0.25, 0.3) is 0 Å². The van der Waals surface area contributed by atoms with Crippen molar-refractivity contribution < 1.29 is 0 Å². The minimum Gasteiger partial charge on any atom is -0.219 e. The molecule has 0 aliphatic rings. The first kappa shape index (κ1) is 11.2. The minimum atomic E-state index is 0.718. The monoisotopic (exact) mass is 247 g/mol. The van der Waals surface area contributed by atoms with E-state index in [2.05, 4.69) is 17.2 Å². The van der Waals surface area contributed by atoms with E-state index in [1.165, 1.54) is 0 Å². The molecule has 2 aromatic rings. The molecule has 2 rings (SSSR count). The van der Waals surface area contributed by atoms with Crippen molar-refractivity contribution in [2.75, 3.05) is 0 Å². The van der Waals surface area contributed by atoms with E-state index in [4.69, 9.17) is 11.6 Å². The summed E-state index contributed by atoms with van der Waals surface area (Å²) in [7, 11) is 0. The van der Waals surface area contributed by atoms with Crippen molar-refractivity contribution in [3.8, 4) is 0 Å². The maximum atomic E-state index is 5.85. The molecule has 0 aromatic heterocycles. The van der Waals surface area contributed by atoms with Crippen LogP contribution in [0.5, 0.6) is 0 Å². The van der Waals surface area contributed by atoms with Gasteiger partial charge >= 0.3 is 0 Å². The molecule has 0 amide bonds. The number of halogens is 1. The topological polar surface area (TPSA) is 12.4 Å². The van der Waals surface area contributed by atoms with Crippen LogP contribution in [0.1, 0.15) is 11.1 Å². The fraction of sp³-hybridized carbons (Fsp3) is 0. The molecule has 80 valence electrons. The highest BCUT2D eigenvalue weighted by Crippen LogP contribution is 2.15. The van der Waals surface area contributed by atoms with Crippen molar-refractivity contribution in [1.29, 1.82) is 0 Å². The second-order valence-corrected chi connectivity index (χ2v) is 3.96. The van der Waals surface area contributed by atoms with Crippen LogP contribution in [0, 0.1) is 0 Å². The van der Waals surface area contributed by atoms with E-state index >= 15 is 0 Å². The molecule has 2 aromatic carbocycles. The van der Waals surface area contributed by atoms with Crippen molar-refractivity contribution in [2.45, 2.75) is 0 Å². The summed E-state index contributed by atoms with van der Waals surface area (Å²) < 4.78 is 4.03. The molecule has 0 unspecified atom stereocenters. The molecule has 0 atom stereocenters. The van der Waals surface area contributed by atoms with Crippen LogP contribution >= 0.6 is 24.4 Å². The second-order valence-electron chi connectivity index (χ2n) is 3.32. The third-order valence-corrected chi connectivity index (χ3v) is 2.72. The van der Waals surface area contributed by atoms with Gasteiger partial charge in [0.05, 0.1) is 5.71 Å². The molecular formula is C13H10ClNS. The van der Waals surface area contributed by atoms with Gasteiger partial charge in [0.15, 0.2) is 0 Å². The van der Waals surface area contributed by atoms with Gasteiger partial charge in [-0.15, -0.1) is 0 Å². The molecule has 0 radical (unpaired) electrons. The van der Waals surface area contributed by atoms with Crippen LogP contribution in [0.4, 0.5) is 0 Å². The summed E-state index contributed by atoms with van der Waals surface area (Å²) in [6, 6.07) is 17.5. The number of hydrogen-bond donors (Lipinski definition) is 1. The van der Waals surface area contributed by atoms with Gasteiger partial charge in [-0.3, -0.25) is 0 Å². The lowest BCUT2D eigenvalue weighted by Gasteiger charge is -2.05. The fourth-order valence-corrected chi connectivity index (χ4v) is 1.84. The molecule has 0 bridgehead atoms. The summed E-state index contributed by atoms with van der Waals surface area (Å²) in [5.74, 6) is 0. The number of thiol groups is 1. The quantitative estimate of drug-likeness (QED) is 0.608. The Kier molecular flexibility index (Phi) is 3.65. The first-order chi connectivity index (χ1) is 7.81. The standard InChI is InChI=1S/C13H10ClNS/c14-12-8-6-11(7-9-12)13(15-16)10-4-2-1-3-5-10/h1-9,16H. The Bertz CT molecular complexity index is 491. The normalized spacial score (nSPS) is 11.5. The molecule has 0 saturated heterocycles. The van der Waals surface area contributed by atoms with E-state index < -0.39 is 0 Å². The molecule has 0 N–H and O–H groups in total. The van der Waals surface area contributed by atoms with Crippen LogP contribution in [0.3, 0.4) is 0 Å². The highest BCUT2D eigenvalue weighted by Gasteiger charge is 2.05. The molecular weight excluding hydrogens is 238 g/mol. The first-order valence-electron chi connectivity index (χ1n) is 4.84. The Hall–Kier alpha value is -1.25.